The van der Waals surface area contributed by atoms with Crippen LogP contribution in [0.5, 0.6) is 0 Å². The third-order valence-corrected chi connectivity index (χ3v) is 13.7. The number of rotatable bonds is 10. The van der Waals surface area contributed by atoms with Crippen LogP contribution in [0.15, 0.2) is 48.7 Å². The summed E-state index contributed by atoms with van der Waals surface area (Å²) in [5.41, 5.74) is 9.75. The van der Waals surface area contributed by atoms with E-state index in [4.69, 9.17) is 10.7 Å². The van der Waals surface area contributed by atoms with Crippen LogP contribution in [0.2, 0.25) is 0 Å². The number of hydrogen-bond donors (Lipinski definition) is 4. The highest BCUT2D eigenvalue weighted by Crippen LogP contribution is 2.38. The molecule has 3 aromatic rings. The largest absolute Gasteiger partial charge is 0.372 e. The average Bonchev–Trinajstić information content (AvgIpc) is 3.73. The van der Waals surface area contributed by atoms with Gasteiger partial charge < -0.3 is 40.7 Å². The first-order chi connectivity index (χ1) is 29.5. The molecule has 6 amide bonds. The van der Waals surface area contributed by atoms with Crippen LogP contribution in [0.25, 0.3) is 0 Å². The molecule has 0 bridgehead atoms. The topological polar surface area (TPSA) is 201 Å². The Morgan fingerprint density at radius 3 is 2.38 bits per heavy atom. The third-order valence-electron chi connectivity index (χ3n) is 13.7. The maximum Gasteiger partial charge on any atom is 0.320 e. The number of benzene rings is 2. The van der Waals surface area contributed by atoms with E-state index in [9.17, 15) is 29.1 Å². The molecule has 0 saturated carbocycles. The van der Waals surface area contributed by atoms with E-state index in [-0.39, 0.29) is 42.4 Å². The van der Waals surface area contributed by atoms with Gasteiger partial charge in [-0.25, -0.2) is 14.8 Å². The molecule has 1 aromatic heterocycles. The first-order valence-electron chi connectivity index (χ1n) is 21.8. The molecular weight excluding hydrogens is 779 g/mol. The van der Waals surface area contributed by atoms with Gasteiger partial charge in [0.05, 0.1) is 12.2 Å². The van der Waals surface area contributed by atoms with Gasteiger partial charge in [-0.2, -0.15) is 0 Å². The van der Waals surface area contributed by atoms with Crippen molar-refractivity contribution in [2.75, 3.05) is 81.1 Å². The van der Waals surface area contributed by atoms with Gasteiger partial charge in [-0.05, 0) is 106 Å². The van der Waals surface area contributed by atoms with Crippen molar-refractivity contribution in [3.63, 3.8) is 0 Å². The molecule has 5 N–H and O–H groups in total. The van der Waals surface area contributed by atoms with E-state index in [0.717, 1.165) is 102 Å². The number of nitrogens with zero attached hydrogens (tertiary/aromatic N) is 8. The van der Waals surface area contributed by atoms with Gasteiger partial charge in [0, 0.05) is 81.8 Å². The predicted octanol–water partition coefficient (Wildman–Crippen LogP) is 3.00. The summed E-state index contributed by atoms with van der Waals surface area (Å²) in [7, 11) is 1.83. The second-order valence-electron chi connectivity index (χ2n) is 17.5. The molecule has 322 valence electrons. The summed E-state index contributed by atoms with van der Waals surface area (Å²) < 4.78 is 0. The number of carbonyl (C=O) groups excluding carboxylic acids is 5. The SMILES string of the molecule is CN1CCN([C@@H]2CCCN(c3cnc(C(N)=O)c(Nc4ccc(C5CCN(CC6CCN(c7ccc8c(c7)C(O)N(C7CCC(=O)NC7=O)C8=O)CC6)CC5)cc4)n3)C2)C1=O. The van der Waals surface area contributed by atoms with Crippen LogP contribution in [-0.2, 0) is 9.59 Å². The lowest BCUT2D eigenvalue weighted by Gasteiger charge is -2.38. The number of hydrogen-bond acceptors (Lipinski definition) is 12. The Balaban J connectivity index is 0.753. The number of anilines is 4. The van der Waals surface area contributed by atoms with Gasteiger partial charge in [-0.1, -0.05) is 12.1 Å². The Bertz CT molecular complexity index is 2190. The number of primary amides is 1. The number of amides is 6. The highest BCUT2D eigenvalue weighted by Gasteiger charge is 2.45. The number of nitrogens with two attached hydrogens (primary N) is 1. The number of carbonyl (C=O) groups is 5. The molecule has 9 rings (SSSR count). The number of aliphatic hydroxyl groups is 1. The first-order valence-corrected chi connectivity index (χ1v) is 21.8. The van der Waals surface area contributed by atoms with E-state index >= 15 is 0 Å². The first kappa shape index (κ1) is 40.6. The van der Waals surface area contributed by atoms with Crippen LogP contribution in [0.3, 0.4) is 0 Å². The minimum absolute atomic E-state index is 0.0639. The number of imide groups is 1. The molecule has 5 saturated heterocycles. The number of aliphatic hydroxyl groups excluding tert-OH is 1. The van der Waals surface area contributed by atoms with Gasteiger partial charge in [0.1, 0.15) is 11.9 Å². The Morgan fingerprint density at radius 1 is 0.902 bits per heavy atom. The molecule has 3 atom stereocenters. The standard InChI is InChI=1S/C44H55N11O6/c1-50-21-22-54(44(50)61)32-3-2-16-53(26-32)36-24-46-38(39(45)57)40(48-36)47-30-6-4-28(5-7-30)29-14-17-51(18-15-29)25-27-12-19-52(20-13-27)31-8-9-33-34(23-31)43(60)55(42(33)59)35-10-11-37(56)49-41(35)58/h4-9,23-24,27,29,32,35,43,60H,2-3,10-22,25-26H2,1H3,(H2,45,57)(H,47,48)(H,49,56,58)/t32-,35?,43?/m1/s1. The monoisotopic (exact) mass is 833 g/mol. The molecule has 2 unspecified atom stereocenters. The smallest absolute Gasteiger partial charge is 0.320 e. The van der Waals surface area contributed by atoms with E-state index < -0.39 is 24.1 Å². The molecule has 7 heterocycles. The summed E-state index contributed by atoms with van der Waals surface area (Å²) in [5, 5.41) is 16.7. The van der Waals surface area contributed by atoms with Crippen molar-refractivity contribution in [1.82, 2.24) is 34.9 Å². The van der Waals surface area contributed by atoms with Crippen molar-refractivity contribution in [2.45, 2.75) is 75.6 Å². The normalized spacial score (nSPS) is 24.4. The molecule has 17 heteroatoms. The fraction of sp³-hybridized carbons (Fsp3) is 0.523. The lowest BCUT2D eigenvalue weighted by atomic mass is 9.88. The van der Waals surface area contributed by atoms with E-state index in [1.165, 1.54) is 10.5 Å². The van der Waals surface area contributed by atoms with Gasteiger partial charge >= 0.3 is 6.03 Å². The summed E-state index contributed by atoms with van der Waals surface area (Å²) in [6.45, 7) is 7.80. The molecule has 61 heavy (non-hydrogen) atoms. The number of urea groups is 1. The minimum Gasteiger partial charge on any atom is -0.372 e. The summed E-state index contributed by atoms with van der Waals surface area (Å²) >= 11 is 0. The highest BCUT2D eigenvalue weighted by atomic mass is 16.3. The van der Waals surface area contributed by atoms with Gasteiger partial charge in [0.25, 0.3) is 11.8 Å². The van der Waals surface area contributed by atoms with Crippen LogP contribution in [0, 0.1) is 5.92 Å². The van der Waals surface area contributed by atoms with Crippen molar-refractivity contribution >= 4 is 52.7 Å². The van der Waals surface area contributed by atoms with Crippen LogP contribution in [-0.4, -0.2) is 142 Å². The second kappa shape index (κ2) is 16.9. The van der Waals surface area contributed by atoms with Gasteiger partial charge in [-0.3, -0.25) is 29.4 Å². The van der Waals surface area contributed by atoms with E-state index in [2.05, 4.69) is 42.5 Å². The number of aromatic nitrogens is 2. The van der Waals surface area contributed by atoms with Gasteiger partial charge in [0.2, 0.25) is 11.8 Å². The maximum atomic E-state index is 13.2. The minimum atomic E-state index is -1.23. The Labute approximate surface area is 355 Å². The Kier molecular flexibility index (Phi) is 11.3. The van der Waals surface area contributed by atoms with Crippen molar-refractivity contribution in [3.05, 3.63) is 71.0 Å². The summed E-state index contributed by atoms with van der Waals surface area (Å²) in [6.07, 6.45) is 6.82. The third kappa shape index (κ3) is 8.20. The quantitative estimate of drug-likeness (QED) is 0.218. The molecule has 6 aliphatic rings. The fourth-order valence-electron chi connectivity index (χ4n) is 10.2. The molecular formula is C44H55N11O6. The number of nitrogens with one attached hydrogen (secondary N) is 2. The van der Waals surface area contributed by atoms with E-state index in [1.54, 1.807) is 17.2 Å². The summed E-state index contributed by atoms with van der Waals surface area (Å²) in [5.74, 6) is 0.0558. The lowest BCUT2D eigenvalue weighted by molar-refractivity contribution is -0.139. The lowest BCUT2D eigenvalue weighted by Crippen LogP contribution is -2.53. The van der Waals surface area contributed by atoms with E-state index in [0.29, 0.717) is 41.1 Å². The van der Waals surface area contributed by atoms with Gasteiger partial charge in [-0.15, -0.1) is 0 Å². The fourth-order valence-corrected chi connectivity index (χ4v) is 10.2. The van der Waals surface area contributed by atoms with Crippen LogP contribution in [0.1, 0.15) is 95.5 Å². The number of piperidine rings is 4. The number of likely N-dealkylation sites (N-methyl/N-ethyl adjacent to an activating group) is 1. The Morgan fingerprint density at radius 2 is 1.67 bits per heavy atom. The molecule has 0 radical (unpaired) electrons. The zero-order valence-corrected chi connectivity index (χ0v) is 34.7. The van der Waals surface area contributed by atoms with Crippen molar-refractivity contribution in [2.24, 2.45) is 11.7 Å². The molecule has 0 spiro atoms. The average molecular weight is 834 g/mol. The van der Waals surface area contributed by atoms with Gasteiger partial charge in [0.15, 0.2) is 17.7 Å². The highest BCUT2D eigenvalue weighted by molar-refractivity contribution is 6.06. The van der Waals surface area contributed by atoms with E-state index in [1.807, 2.05) is 36.2 Å². The van der Waals surface area contributed by atoms with Crippen molar-refractivity contribution < 1.29 is 29.1 Å². The molecule has 0 aliphatic carbocycles. The summed E-state index contributed by atoms with van der Waals surface area (Å²) in [6, 6.07) is 13.2. The van der Waals surface area contributed by atoms with Crippen LogP contribution in [0.4, 0.5) is 27.8 Å². The zero-order chi connectivity index (χ0) is 42.4. The zero-order valence-electron chi connectivity index (χ0n) is 34.7. The Hall–Kier alpha value is -5.81. The molecule has 17 nitrogen and oxygen atoms in total. The molecule has 2 aromatic carbocycles. The number of likely N-dealkylation sites (tertiary alicyclic amines) is 1. The number of fused-ring (bicyclic) bond motifs is 1. The van der Waals surface area contributed by atoms with Crippen LogP contribution >= 0.6 is 0 Å². The molecule has 6 aliphatic heterocycles. The predicted molar refractivity (Wildman–Crippen MR) is 227 cm³/mol. The van der Waals surface area contributed by atoms with Crippen molar-refractivity contribution in [3.8, 4) is 0 Å². The second-order valence-corrected chi connectivity index (χ2v) is 17.5. The summed E-state index contributed by atoms with van der Waals surface area (Å²) in [4.78, 5) is 83.6. The molecule has 5 fully saturated rings. The van der Waals surface area contributed by atoms with Crippen LogP contribution < -0.4 is 26.2 Å². The van der Waals surface area contributed by atoms with Crippen molar-refractivity contribution in [1.29, 1.82) is 0 Å². The maximum absolute atomic E-state index is 13.2.